The van der Waals surface area contributed by atoms with Crippen LogP contribution in [0.3, 0.4) is 0 Å². The third kappa shape index (κ3) is 1.56. The van der Waals surface area contributed by atoms with Gasteiger partial charge in [0.2, 0.25) is 0 Å². The van der Waals surface area contributed by atoms with E-state index in [1.54, 1.807) is 0 Å². The first-order chi connectivity index (χ1) is 8.86. The van der Waals surface area contributed by atoms with Crippen LogP contribution in [0.2, 0.25) is 0 Å². The topological polar surface area (TPSA) is 66.8 Å². The summed E-state index contributed by atoms with van der Waals surface area (Å²) in [5, 5.41) is 20.3. The van der Waals surface area contributed by atoms with Crippen molar-refractivity contribution in [3.05, 3.63) is 24.3 Å². The Balaban J connectivity index is 1.99. The quantitative estimate of drug-likeness (QED) is 0.392. The van der Waals surface area contributed by atoms with Crippen molar-refractivity contribution in [1.29, 1.82) is 0 Å². The van der Waals surface area contributed by atoms with Gasteiger partial charge in [0.05, 0.1) is 12.2 Å². The fourth-order valence-corrected chi connectivity index (χ4v) is 4.25. The summed E-state index contributed by atoms with van der Waals surface area (Å²) in [6, 6.07) is 0. The van der Waals surface area contributed by atoms with E-state index in [4.69, 9.17) is 4.74 Å². The van der Waals surface area contributed by atoms with Crippen molar-refractivity contribution in [3.63, 3.8) is 0 Å². The molecule has 0 spiro atoms. The summed E-state index contributed by atoms with van der Waals surface area (Å²) in [5.41, 5.74) is 0.944. The van der Waals surface area contributed by atoms with E-state index in [0.29, 0.717) is 18.4 Å². The van der Waals surface area contributed by atoms with Crippen molar-refractivity contribution in [3.8, 4) is 0 Å². The van der Waals surface area contributed by atoms with E-state index in [-0.39, 0.29) is 23.9 Å². The summed E-state index contributed by atoms with van der Waals surface area (Å²) in [4.78, 5) is 11.7. The standard InChI is InChI=1S/C15H20O4/c1-7-9-4-5-10(16)13(17)15(9,3)6-11-12(7)8(2)14(18)19-11/h9-13,16-17H,1-2,4-6H2,3H3/t9?,10?,11?,12?,13-,15?/m1/s1. The predicted octanol–water partition coefficient (Wildman–Crippen LogP) is 1.18. The zero-order chi connectivity index (χ0) is 13.9. The van der Waals surface area contributed by atoms with Crippen LogP contribution < -0.4 is 0 Å². The molecule has 2 aliphatic carbocycles. The largest absolute Gasteiger partial charge is 0.458 e. The molecule has 0 bridgehead atoms. The smallest absolute Gasteiger partial charge is 0.334 e. The summed E-state index contributed by atoms with van der Waals surface area (Å²) >= 11 is 0. The van der Waals surface area contributed by atoms with Crippen LogP contribution in [0.4, 0.5) is 0 Å². The van der Waals surface area contributed by atoms with Gasteiger partial charge >= 0.3 is 5.97 Å². The summed E-state index contributed by atoms with van der Waals surface area (Å²) < 4.78 is 5.35. The van der Waals surface area contributed by atoms with Gasteiger partial charge in [0.15, 0.2) is 0 Å². The van der Waals surface area contributed by atoms with Crippen molar-refractivity contribution in [2.45, 2.75) is 44.5 Å². The second-order valence-electron chi connectivity index (χ2n) is 6.37. The van der Waals surface area contributed by atoms with Gasteiger partial charge in [-0.05, 0) is 25.2 Å². The molecular formula is C15H20O4. The minimum Gasteiger partial charge on any atom is -0.458 e. The SMILES string of the molecule is C=C1C(=O)OC2CC3(C)C(CCC(O)[C@H]3O)C(=C)C12. The number of fused-ring (bicyclic) bond motifs is 2. The van der Waals surface area contributed by atoms with Crippen molar-refractivity contribution in [2.24, 2.45) is 17.3 Å². The summed E-state index contributed by atoms with van der Waals surface area (Å²) in [6.45, 7) is 9.92. The third-order valence-electron chi connectivity index (χ3n) is 5.34. The lowest BCUT2D eigenvalue weighted by atomic mass is 9.53. The van der Waals surface area contributed by atoms with Crippen LogP contribution in [0, 0.1) is 17.3 Å². The van der Waals surface area contributed by atoms with Gasteiger partial charge in [-0.25, -0.2) is 4.79 Å². The van der Waals surface area contributed by atoms with Crippen LogP contribution in [0.5, 0.6) is 0 Å². The van der Waals surface area contributed by atoms with E-state index >= 15 is 0 Å². The molecule has 1 saturated heterocycles. The number of ether oxygens (including phenoxy) is 1. The maximum absolute atomic E-state index is 11.7. The number of hydrogen-bond acceptors (Lipinski definition) is 4. The van der Waals surface area contributed by atoms with Crippen molar-refractivity contribution >= 4 is 5.97 Å². The molecule has 0 aromatic rings. The van der Waals surface area contributed by atoms with E-state index in [1.807, 2.05) is 6.92 Å². The Morgan fingerprint density at radius 1 is 1.32 bits per heavy atom. The molecule has 5 unspecified atom stereocenters. The minimum absolute atomic E-state index is 0.110. The molecule has 1 heterocycles. The van der Waals surface area contributed by atoms with Crippen molar-refractivity contribution in [2.75, 3.05) is 0 Å². The second kappa shape index (κ2) is 3.93. The monoisotopic (exact) mass is 264 g/mol. The number of rotatable bonds is 0. The Kier molecular flexibility index (Phi) is 2.67. The lowest BCUT2D eigenvalue weighted by Gasteiger charge is -2.53. The van der Waals surface area contributed by atoms with Gasteiger partial charge in [0.25, 0.3) is 0 Å². The number of esters is 1. The fourth-order valence-electron chi connectivity index (χ4n) is 4.25. The van der Waals surface area contributed by atoms with Crippen LogP contribution in [0.1, 0.15) is 26.2 Å². The average Bonchev–Trinajstić information content (AvgIpc) is 2.61. The molecular weight excluding hydrogens is 244 g/mol. The number of aliphatic hydroxyl groups excluding tert-OH is 2. The normalized spacial score (nSPS) is 49.6. The molecule has 104 valence electrons. The molecule has 1 aliphatic heterocycles. The molecule has 0 radical (unpaired) electrons. The fraction of sp³-hybridized carbons (Fsp3) is 0.667. The van der Waals surface area contributed by atoms with E-state index in [2.05, 4.69) is 13.2 Å². The number of carbonyl (C=O) groups excluding carboxylic acids is 1. The highest BCUT2D eigenvalue weighted by atomic mass is 16.6. The first-order valence-electron chi connectivity index (χ1n) is 6.81. The molecule has 2 saturated carbocycles. The Labute approximate surface area is 112 Å². The Morgan fingerprint density at radius 3 is 2.68 bits per heavy atom. The molecule has 6 atom stereocenters. The summed E-state index contributed by atoms with van der Waals surface area (Å²) in [6.07, 6.45) is 0.137. The number of carbonyl (C=O) groups is 1. The van der Waals surface area contributed by atoms with Crippen LogP contribution in [0.25, 0.3) is 0 Å². The maximum atomic E-state index is 11.7. The van der Waals surface area contributed by atoms with E-state index < -0.39 is 17.6 Å². The van der Waals surface area contributed by atoms with Crippen LogP contribution in [-0.2, 0) is 9.53 Å². The van der Waals surface area contributed by atoms with Gasteiger partial charge in [0, 0.05) is 16.9 Å². The molecule has 4 heteroatoms. The molecule has 0 aromatic carbocycles. The lowest BCUT2D eigenvalue weighted by Crippen LogP contribution is -2.56. The molecule has 0 amide bonds. The van der Waals surface area contributed by atoms with Crippen molar-refractivity contribution in [1.82, 2.24) is 0 Å². The predicted molar refractivity (Wildman–Crippen MR) is 69.1 cm³/mol. The Morgan fingerprint density at radius 2 is 2.00 bits per heavy atom. The van der Waals surface area contributed by atoms with Gasteiger partial charge in [-0.15, -0.1) is 0 Å². The first kappa shape index (κ1) is 12.9. The number of hydrogen-bond donors (Lipinski definition) is 2. The molecule has 3 aliphatic rings. The lowest BCUT2D eigenvalue weighted by molar-refractivity contribution is -0.154. The molecule has 3 rings (SSSR count). The van der Waals surface area contributed by atoms with E-state index in [9.17, 15) is 15.0 Å². The van der Waals surface area contributed by atoms with Crippen LogP contribution >= 0.6 is 0 Å². The summed E-state index contributed by atoms with van der Waals surface area (Å²) in [7, 11) is 0. The molecule has 2 N–H and O–H groups in total. The average molecular weight is 264 g/mol. The van der Waals surface area contributed by atoms with Gasteiger partial charge in [-0.3, -0.25) is 0 Å². The van der Waals surface area contributed by atoms with Gasteiger partial charge in [-0.1, -0.05) is 25.7 Å². The van der Waals surface area contributed by atoms with Gasteiger partial charge < -0.3 is 14.9 Å². The molecule has 0 aromatic heterocycles. The van der Waals surface area contributed by atoms with Crippen LogP contribution in [0.15, 0.2) is 24.3 Å². The van der Waals surface area contributed by atoms with Crippen molar-refractivity contribution < 1.29 is 19.7 Å². The Hall–Kier alpha value is -1.13. The second-order valence-corrected chi connectivity index (χ2v) is 6.37. The summed E-state index contributed by atoms with van der Waals surface area (Å²) in [5.74, 6) is -0.361. The zero-order valence-corrected chi connectivity index (χ0v) is 11.1. The minimum atomic E-state index is -0.795. The zero-order valence-electron chi connectivity index (χ0n) is 11.1. The highest BCUT2D eigenvalue weighted by Crippen LogP contribution is 2.57. The van der Waals surface area contributed by atoms with Crippen LogP contribution in [-0.4, -0.2) is 34.5 Å². The highest BCUT2D eigenvalue weighted by Gasteiger charge is 2.58. The van der Waals surface area contributed by atoms with E-state index in [0.717, 1.165) is 12.0 Å². The first-order valence-corrected chi connectivity index (χ1v) is 6.81. The van der Waals surface area contributed by atoms with Gasteiger partial charge in [-0.2, -0.15) is 0 Å². The molecule has 3 fully saturated rings. The maximum Gasteiger partial charge on any atom is 0.334 e. The van der Waals surface area contributed by atoms with Gasteiger partial charge in [0.1, 0.15) is 6.10 Å². The van der Waals surface area contributed by atoms with E-state index in [1.165, 1.54) is 0 Å². The highest BCUT2D eigenvalue weighted by molar-refractivity contribution is 5.91. The molecule has 19 heavy (non-hydrogen) atoms. The third-order valence-corrected chi connectivity index (χ3v) is 5.34. The Bertz CT molecular complexity index is 469. The number of aliphatic hydroxyl groups is 2. The molecule has 4 nitrogen and oxygen atoms in total.